The van der Waals surface area contributed by atoms with Gasteiger partial charge in [0.2, 0.25) is 11.8 Å². The smallest absolute Gasteiger partial charge is 0.273 e. The van der Waals surface area contributed by atoms with Crippen molar-refractivity contribution >= 4 is 28.6 Å². The Kier molecular flexibility index (Phi) is 7.68. The number of aromatic nitrogens is 2. The molecule has 0 radical (unpaired) electrons. The lowest BCUT2D eigenvalue weighted by atomic mass is 9.86. The molecular weight excluding hydrogens is 427 g/mol. The van der Waals surface area contributed by atoms with Crippen molar-refractivity contribution in [3.8, 4) is 0 Å². The molecule has 0 aliphatic carbocycles. The number of nitrogens with two attached hydrogens (primary N) is 1. The van der Waals surface area contributed by atoms with Crippen LogP contribution in [0.1, 0.15) is 56.9 Å². The molecule has 1 aromatic carbocycles. The molecule has 2 heterocycles. The van der Waals surface area contributed by atoms with Crippen LogP contribution in [0.4, 0.5) is 4.39 Å². The van der Waals surface area contributed by atoms with Crippen molar-refractivity contribution < 1.29 is 18.8 Å². The first kappa shape index (κ1) is 24.6. The van der Waals surface area contributed by atoms with E-state index in [9.17, 15) is 18.8 Å². The first-order valence-corrected chi connectivity index (χ1v) is 11.3. The van der Waals surface area contributed by atoms with Gasteiger partial charge < -0.3 is 21.7 Å². The number of rotatable bonds is 9. The number of carbonyl (C=O) groups excluding carboxylic acids is 3. The molecule has 2 aromatic rings. The van der Waals surface area contributed by atoms with Crippen molar-refractivity contribution in [1.82, 2.24) is 25.7 Å². The third-order valence-corrected chi connectivity index (χ3v) is 5.77. The van der Waals surface area contributed by atoms with Gasteiger partial charge in [-0.1, -0.05) is 32.9 Å². The van der Waals surface area contributed by atoms with Crippen LogP contribution in [-0.4, -0.2) is 52.7 Å². The summed E-state index contributed by atoms with van der Waals surface area (Å²) in [5.74, 6) is -1.39. The fourth-order valence-electron chi connectivity index (χ4n) is 3.96. The number of hydrogen-bond acceptors (Lipinski definition) is 5. The fraction of sp³-hybridized carbons (Fsp3) is 0.565. The Morgan fingerprint density at radius 2 is 2.09 bits per heavy atom. The van der Waals surface area contributed by atoms with Crippen molar-refractivity contribution in [3.63, 3.8) is 0 Å². The molecule has 1 unspecified atom stereocenters. The fourth-order valence-corrected chi connectivity index (χ4v) is 3.96. The minimum absolute atomic E-state index is 0.0314. The number of para-hydroxylation sites is 1. The lowest BCUT2D eigenvalue weighted by Crippen LogP contribution is -2.55. The van der Waals surface area contributed by atoms with Crippen LogP contribution in [0.15, 0.2) is 18.2 Å². The van der Waals surface area contributed by atoms with Crippen LogP contribution in [0.2, 0.25) is 0 Å². The number of unbranched alkanes of at least 4 members (excludes halogenated alkanes) is 1. The summed E-state index contributed by atoms with van der Waals surface area (Å²) in [4.78, 5) is 37.6. The molecule has 180 valence electrons. The average Bonchev–Trinajstić information content (AvgIpc) is 3.34. The molecule has 0 spiro atoms. The zero-order chi connectivity index (χ0) is 24.2. The van der Waals surface area contributed by atoms with E-state index in [2.05, 4.69) is 21.0 Å². The van der Waals surface area contributed by atoms with E-state index in [4.69, 9.17) is 5.73 Å². The van der Waals surface area contributed by atoms with Crippen molar-refractivity contribution in [3.05, 3.63) is 29.7 Å². The molecule has 10 heteroatoms. The number of hydrogen-bond donors (Lipinski definition) is 4. The second-order valence-corrected chi connectivity index (χ2v) is 9.52. The summed E-state index contributed by atoms with van der Waals surface area (Å²) in [6, 6.07) is 3.54. The predicted molar refractivity (Wildman–Crippen MR) is 123 cm³/mol. The molecule has 3 rings (SSSR count). The normalized spacial score (nSPS) is 17.1. The zero-order valence-corrected chi connectivity index (χ0v) is 19.4. The van der Waals surface area contributed by atoms with Gasteiger partial charge in [-0.25, -0.2) is 4.39 Å². The molecule has 1 aliphatic heterocycles. The monoisotopic (exact) mass is 460 g/mol. The highest BCUT2D eigenvalue weighted by Gasteiger charge is 2.35. The van der Waals surface area contributed by atoms with Crippen LogP contribution in [0.5, 0.6) is 0 Å². The highest BCUT2D eigenvalue weighted by molar-refractivity contribution is 6.06. The van der Waals surface area contributed by atoms with Gasteiger partial charge in [0.05, 0.1) is 0 Å². The quantitative estimate of drug-likeness (QED) is 0.421. The van der Waals surface area contributed by atoms with E-state index >= 15 is 0 Å². The molecule has 0 bridgehead atoms. The molecule has 1 aliphatic rings. The molecule has 5 N–H and O–H groups in total. The molecule has 0 saturated carbocycles. The maximum absolute atomic E-state index is 14.6. The summed E-state index contributed by atoms with van der Waals surface area (Å²) in [6.07, 6.45) is 2.56. The highest BCUT2D eigenvalue weighted by Crippen LogP contribution is 2.24. The third kappa shape index (κ3) is 5.87. The number of aryl methyl sites for hydroxylation is 1. The molecule has 1 aromatic heterocycles. The van der Waals surface area contributed by atoms with Crippen LogP contribution in [0.3, 0.4) is 0 Å². The number of fused-ring (bicyclic) bond motifs is 1. The van der Waals surface area contributed by atoms with E-state index in [0.717, 1.165) is 6.42 Å². The molecule has 33 heavy (non-hydrogen) atoms. The lowest BCUT2D eigenvalue weighted by Gasteiger charge is -2.30. The van der Waals surface area contributed by atoms with Gasteiger partial charge in [0.15, 0.2) is 5.69 Å². The first-order valence-electron chi connectivity index (χ1n) is 11.3. The van der Waals surface area contributed by atoms with Crippen LogP contribution in [0.25, 0.3) is 10.9 Å². The number of benzene rings is 1. The number of amides is 3. The predicted octanol–water partition coefficient (Wildman–Crippen LogP) is 1.45. The molecule has 1 saturated heterocycles. The standard InChI is InChI=1S/C23H33FN6O3/c1-23(2,3)20(22(33)26-13-14-9-10-17(31)27-14)28-21(32)18-15-7-6-8-16(24)19(15)30(29-18)12-5-4-11-25/h6-8,14,20H,4-5,9-13,25H2,1-3H3,(H,26,33)(H,27,31)(H,28,32)/t14-,20?/m0/s1. The van der Waals surface area contributed by atoms with Gasteiger partial charge in [-0.3, -0.25) is 19.1 Å². The molecule has 3 amide bonds. The Labute approximate surface area is 192 Å². The number of nitrogens with zero attached hydrogens (tertiary/aromatic N) is 2. The van der Waals surface area contributed by atoms with Crippen LogP contribution in [-0.2, 0) is 16.1 Å². The molecule has 1 fully saturated rings. The summed E-state index contributed by atoms with van der Waals surface area (Å²) in [7, 11) is 0. The first-order chi connectivity index (χ1) is 15.6. The van der Waals surface area contributed by atoms with Gasteiger partial charge in [-0.15, -0.1) is 0 Å². The number of halogens is 1. The molecule has 9 nitrogen and oxygen atoms in total. The van der Waals surface area contributed by atoms with E-state index < -0.39 is 23.2 Å². The summed E-state index contributed by atoms with van der Waals surface area (Å²) in [5, 5.41) is 13.2. The van der Waals surface area contributed by atoms with Crippen molar-refractivity contribution in [2.45, 2.75) is 65.1 Å². The highest BCUT2D eigenvalue weighted by atomic mass is 19.1. The van der Waals surface area contributed by atoms with Gasteiger partial charge in [0, 0.05) is 30.9 Å². The van der Waals surface area contributed by atoms with Gasteiger partial charge in [-0.2, -0.15) is 5.10 Å². The van der Waals surface area contributed by atoms with Gasteiger partial charge in [0.1, 0.15) is 17.4 Å². The van der Waals surface area contributed by atoms with E-state index in [0.29, 0.717) is 37.7 Å². The largest absolute Gasteiger partial charge is 0.352 e. The van der Waals surface area contributed by atoms with Crippen molar-refractivity contribution in [2.75, 3.05) is 13.1 Å². The Balaban J connectivity index is 1.79. The Hall–Kier alpha value is -3.01. The number of nitrogens with one attached hydrogen (secondary N) is 3. The van der Waals surface area contributed by atoms with E-state index in [-0.39, 0.29) is 35.6 Å². The Bertz CT molecular complexity index is 1030. The Morgan fingerprint density at radius 1 is 1.33 bits per heavy atom. The summed E-state index contributed by atoms with van der Waals surface area (Å²) < 4.78 is 16.1. The SMILES string of the molecule is CC(C)(C)C(NC(=O)c1nn(CCCCN)c2c(F)cccc12)C(=O)NC[C@@H]1CCC(=O)N1. The average molecular weight is 461 g/mol. The van der Waals surface area contributed by atoms with Gasteiger partial charge in [0.25, 0.3) is 5.91 Å². The van der Waals surface area contributed by atoms with Crippen LogP contribution >= 0.6 is 0 Å². The van der Waals surface area contributed by atoms with Crippen LogP contribution < -0.4 is 21.7 Å². The maximum atomic E-state index is 14.6. The second kappa shape index (κ2) is 10.3. The minimum Gasteiger partial charge on any atom is -0.352 e. The molecular formula is C23H33FN6O3. The van der Waals surface area contributed by atoms with Gasteiger partial charge >= 0.3 is 0 Å². The third-order valence-electron chi connectivity index (χ3n) is 5.77. The summed E-state index contributed by atoms with van der Waals surface area (Å²) in [5.41, 5.74) is 5.29. The Morgan fingerprint density at radius 3 is 2.73 bits per heavy atom. The molecule has 2 atom stereocenters. The lowest BCUT2D eigenvalue weighted by molar-refractivity contribution is -0.125. The van der Waals surface area contributed by atoms with Crippen LogP contribution in [0, 0.1) is 11.2 Å². The van der Waals surface area contributed by atoms with E-state index in [1.54, 1.807) is 6.07 Å². The van der Waals surface area contributed by atoms with E-state index in [1.165, 1.54) is 16.8 Å². The zero-order valence-electron chi connectivity index (χ0n) is 19.4. The summed E-state index contributed by atoms with van der Waals surface area (Å²) in [6.45, 7) is 6.77. The second-order valence-electron chi connectivity index (χ2n) is 9.52. The van der Waals surface area contributed by atoms with Crippen molar-refractivity contribution in [1.29, 1.82) is 0 Å². The van der Waals surface area contributed by atoms with E-state index in [1.807, 2.05) is 20.8 Å². The van der Waals surface area contributed by atoms with Gasteiger partial charge in [-0.05, 0) is 37.3 Å². The summed E-state index contributed by atoms with van der Waals surface area (Å²) >= 11 is 0. The number of carbonyl (C=O) groups is 3. The minimum atomic E-state index is -0.854. The maximum Gasteiger partial charge on any atom is 0.273 e. The topological polar surface area (TPSA) is 131 Å². The van der Waals surface area contributed by atoms with Crippen molar-refractivity contribution in [2.24, 2.45) is 11.1 Å².